The first-order valence-electron chi connectivity index (χ1n) is 7.52. The monoisotopic (exact) mass is 285 g/mol. The Kier molecular flexibility index (Phi) is 2.85. The number of aromatic nitrogens is 2. The number of nitrogens with one attached hydrogen (secondary N) is 2. The minimum atomic E-state index is 0.520. The van der Waals surface area contributed by atoms with Crippen LogP contribution >= 0.6 is 0 Å². The maximum absolute atomic E-state index is 4.69. The lowest BCUT2D eigenvalue weighted by Crippen LogP contribution is -2.64. The highest BCUT2D eigenvalue weighted by Crippen LogP contribution is 2.46. The minimum absolute atomic E-state index is 0.520. The van der Waals surface area contributed by atoms with Gasteiger partial charge in [0.15, 0.2) is 11.4 Å². The first kappa shape index (κ1) is 12.9. The van der Waals surface area contributed by atoms with Crippen LogP contribution in [0.5, 0.6) is 0 Å². The quantitative estimate of drug-likeness (QED) is 0.827. The SMILES string of the molecule is CN(C)[N+]1(C2CCNCC2)C=Nc2cnc3[nH]ccc3c21. The number of pyridine rings is 1. The molecule has 0 radical (unpaired) electrons. The molecule has 1 atom stereocenters. The van der Waals surface area contributed by atoms with Gasteiger partial charge >= 0.3 is 0 Å². The molecule has 1 fully saturated rings. The normalized spacial score (nSPS) is 25.9. The number of piperidine rings is 1. The molecule has 2 aliphatic rings. The number of nitrogens with zero attached hydrogens (tertiary/aromatic N) is 4. The molecule has 2 N–H and O–H groups in total. The molecule has 0 aromatic carbocycles. The Bertz CT molecular complexity index is 697. The van der Waals surface area contributed by atoms with E-state index >= 15 is 0 Å². The highest BCUT2D eigenvalue weighted by molar-refractivity contribution is 6.03. The zero-order valence-electron chi connectivity index (χ0n) is 12.5. The zero-order chi connectivity index (χ0) is 14.4. The number of quaternary nitrogens is 1. The second-order valence-electron chi connectivity index (χ2n) is 6.04. The fraction of sp³-hybridized carbons (Fsp3) is 0.467. The Morgan fingerprint density at radius 1 is 1.29 bits per heavy atom. The molecule has 2 aromatic heterocycles. The van der Waals surface area contributed by atoms with Gasteiger partial charge < -0.3 is 10.3 Å². The van der Waals surface area contributed by atoms with Crippen LogP contribution in [-0.4, -0.2) is 54.5 Å². The molecular weight excluding hydrogens is 264 g/mol. The van der Waals surface area contributed by atoms with Gasteiger partial charge in [-0.25, -0.2) is 4.98 Å². The summed E-state index contributed by atoms with van der Waals surface area (Å²) in [6.07, 6.45) is 8.24. The largest absolute Gasteiger partial charge is 0.346 e. The third kappa shape index (κ3) is 1.70. The van der Waals surface area contributed by atoms with Crippen LogP contribution in [0.1, 0.15) is 12.8 Å². The lowest BCUT2D eigenvalue weighted by Gasteiger charge is -2.43. The number of H-pyrrole nitrogens is 1. The molecule has 0 amide bonds. The van der Waals surface area contributed by atoms with Crippen molar-refractivity contribution in [3.8, 4) is 0 Å². The van der Waals surface area contributed by atoms with Crippen LogP contribution in [0, 0.1) is 0 Å². The summed E-state index contributed by atoms with van der Waals surface area (Å²) in [6.45, 7) is 2.14. The first-order valence-corrected chi connectivity index (χ1v) is 7.52. The van der Waals surface area contributed by atoms with Crippen molar-refractivity contribution in [1.29, 1.82) is 0 Å². The Morgan fingerprint density at radius 3 is 2.86 bits per heavy atom. The molecule has 1 saturated heterocycles. The second-order valence-corrected chi connectivity index (χ2v) is 6.04. The summed E-state index contributed by atoms with van der Waals surface area (Å²) in [5.41, 5.74) is 3.20. The number of hydrogen-bond donors (Lipinski definition) is 2. The van der Waals surface area contributed by atoms with Crippen molar-refractivity contribution < 1.29 is 0 Å². The number of aromatic amines is 1. The Labute approximate surface area is 124 Å². The van der Waals surface area contributed by atoms with Crippen molar-refractivity contribution >= 4 is 28.7 Å². The van der Waals surface area contributed by atoms with Gasteiger partial charge in [-0.1, -0.05) is 0 Å². The van der Waals surface area contributed by atoms with Crippen molar-refractivity contribution in [2.75, 3.05) is 27.2 Å². The number of rotatable bonds is 2. The molecule has 6 heteroatoms. The molecule has 0 saturated carbocycles. The molecule has 1 unspecified atom stereocenters. The highest BCUT2D eigenvalue weighted by Gasteiger charge is 2.48. The van der Waals surface area contributed by atoms with E-state index < -0.39 is 0 Å². The fourth-order valence-electron chi connectivity index (χ4n) is 3.77. The minimum Gasteiger partial charge on any atom is -0.346 e. The van der Waals surface area contributed by atoms with Gasteiger partial charge in [-0.05, 0) is 6.07 Å². The molecule has 4 heterocycles. The van der Waals surface area contributed by atoms with Gasteiger partial charge in [0.25, 0.3) is 0 Å². The summed E-state index contributed by atoms with van der Waals surface area (Å²) in [5.74, 6) is 0. The van der Waals surface area contributed by atoms with Crippen molar-refractivity contribution in [2.24, 2.45) is 4.99 Å². The second kappa shape index (κ2) is 4.62. The Morgan fingerprint density at radius 2 is 2.10 bits per heavy atom. The van der Waals surface area contributed by atoms with Crippen molar-refractivity contribution in [3.63, 3.8) is 0 Å². The van der Waals surface area contributed by atoms with E-state index in [1.165, 1.54) is 11.1 Å². The smallest absolute Gasteiger partial charge is 0.216 e. The van der Waals surface area contributed by atoms with Gasteiger partial charge in [0.05, 0.1) is 11.6 Å². The average molecular weight is 285 g/mol. The number of hydrogen-bond acceptors (Lipinski definition) is 4. The van der Waals surface area contributed by atoms with Crippen LogP contribution in [0.3, 0.4) is 0 Å². The van der Waals surface area contributed by atoms with Gasteiger partial charge in [-0.2, -0.15) is 9.58 Å². The van der Waals surface area contributed by atoms with E-state index in [9.17, 15) is 0 Å². The van der Waals surface area contributed by atoms with E-state index in [-0.39, 0.29) is 0 Å². The van der Waals surface area contributed by atoms with Crippen LogP contribution in [-0.2, 0) is 0 Å². The van der Waals surface area contributed by atoms with E-state index in [1.807, 2.05) is 12.4 Å². The standard InChI is InChI=1S/C15H21N6/c1-20(2)21(11-3-6-16-7-4-11)10-19-13-9-18-15-12(14(13)21)5-8-17-15/h5,8-11,16H,3-4,6-7H2,1-2H3,(H,17,18)/q+1. The molecular formula is C15H21N6+. The molecule has 0 spiro atoms. The summed E-state index contributed by atoms with van der Waals surface area (Å²) in [4.78, 5) is 12.4. The van der Waals surface area contributed by atoms with E-state index in [0.717, 1.165) is 37.3 Å². The van der Waals surface area contributed by atoms with Gasteiger partial charge in [0.1, 0.15) is 11.7 Å². The lowest BCUT2D eigenvalue weighted by atomic mass is 10.0. The lowest BCUT2D eigenvalue weighted by molar-refractivity contribution is 0.0631. The van der Waals surface area contributed by atoms with Crippen molar-refractivity contribution in [2.45, 2.75) is 18.9 Å². The summed E-state index contributed by atoms with van der Waals surface area (Å²) in [5, 5.41) is 6.91. The first-order chi connectivity index (χ1) is 10.2. The van der Waals surface area contributed by atoms with Crippen LogP contribution < -0.4 is 9.91 Å². The highest BCUT2D eigenvalue weighted by atomic mass is 15.8. The fourth-order valence-corrected chi connectivity index (χ4v) is 3.77. The molecule has 0 aliphatic carbocycles. The topological polar surface area (TPSA) is 56.3 Å². The van der Waals surface area contributed by atoms with Gasteiger partial charge in [-0.15, -0.1) is 5.01 Å². The van der Waals surface area contributed by atoms with Crippen LogP contribution in [0.2, 0.25) is 0 Å². The van der Waals surface area contributed by atoms with Crippen molar-refractivity contribution in [3.05, 3.63) is 18.5 Å². The summed E-state index contributed by atoms with van der Waals surface area (Å²) in [6, 6.07) is 2.64. The predicted octanol–water partition coefficient (Wildman–Crippen LogP) is 1.77. The van der Waals surface area contributed by atoms with E-state index in [2.05, 4.69) is 51.8 Å². The molecule has 6 nitrogen and oxygen atoms in total. The summed E-state index contributed by atoms with van der Waals surface area (Å²) < 4.78 is 0.702. The predicted molar refractivity (Wildman–Crippen MR) is 85.6 cm³/mol. The number of fused-ring (bicyclic) bond motifs is 3. The summed E-state index contributed by atoms with van der Waals surface area (Å²) >= 11 is 0. The molecule has 4 rings (SSSR count). The zero-order valence-corrected chi connectivity index (χ0v) is 12.5. The van der Waals surface area contributed by atoms with Gasteiger partial charge in [0.2, 0.25) is 6.34 Å². The van der Waals surface area contributed by atoms with E-state index in [4.69, 9.17) is 0 Å². The van der Waals surface area contributed by atoms with Crippen molar-refractivity contribution in [1.82, 2.24) is 24.9 Å². The van der Waals surface area contributed by atoms with E-state index in [0.29, 0.717) is 10.6 Å². The molecule has 0 bridgehead atoms. The molecule has 110 valence electrons. The average Bonchev–Trinajstić information content (AvgIpc) is 3.12. The maximum atomic E-state index is 4.69. The maximum Gasteiger partial charge on any atom is 0.216 e. The number of aliphatic imine (C=N–C) groups is 1. The van der Waals surface area contributed by atoms with Gasteiger partial charge in [0, 0.05) is 46.2 Å². The van der Waals surface area contributed by atoms with Crippen LogP contribution in [0.15, 0.2) is 23.5 Å². The Balaban J connectivity index is 1.95. The molecule has 2 aliphatic heterocycles. The molecule has 2 aromatic rings. The Hall–Kier alpha value is -1.76. The third-order valence-electron chi connectivity index (χ3n) is 4.80. The van der Waals surface area contributed by atoms with Crippen LogP contribution in [0.4, 0.5) is 11.4 Å². The van der Waals surface area contributed by atoms with E-state index in [1.54, 1.807) is 0 Å². The third-order valence-corrected chi connectivity index (χ3v) is 4.80. The van der Waals surface area contributed by atoms with Gasteiger partial charge in [-0.3, -0.25) is 0 Å². The van der Waals surface area contributed by atoms with Crippen LogP contribution in [0.25, 0.3) is 11.0 Å². The molecule has 21 heavy (non-hydrogen) atoms. The summed E-state index contributed by atoms with van der Waals surface area (Å²) in [7, 11) is 4.28.